The van der Waals surface area contributed by atoms with Crippen LogP contribution in [0.15, 0.2) is 30.5 Å². The van der Waals surface area contributed by atoms with E-state index in [1.165, 1.54) is 16.5 Å². The van der Waals surface area contributed by atoms with Crippen molar-refractivity contribution < 1.29 is 26.2 Å². The Bertz CT molecular complexity index is 390. The van der Waals surface area contributed by atoms with Crippen LogP contribution in [0.1, 0.15) is 5.56 Å². The summed E-state index contributed by atoms with van der Waals surface area (Å²) in [7, 11) is 0. The Hall–Kier alpha value is 0.183. The summed E-state index contributed by atoms with van der Waals surface area (Å²) in [5.74, 6) is 0. The number of aromatic amines is 1. The molecule has 3 N–H and O–H groups in total. The van der Waals surface area contributed by atoms with Crippen molar-refractivity contribution in [3.05, 3.63) is 36.0 Å². The molecule has 0 aliphatic rings. The Labute approximate surface area is 121 Å². The van der Waals surface area contributed by atoms with Crippen molar-refractivity contribution >= 4 is 35.7 Å². The minimum atomic E-state index is 0. The predicted octanol–water partition coefficient (Wildman–Crippen LogP) is 2.51. The van der Waals surface area contributed by atoms with Gasteiger partial charge in [0.15, 0.2) is 0 Å². The van der Waals surface area contributed by atoms with Crippen molar-refractivity contribution in [2.45, 2.75) is 6.42 Å². The second-order valence-electron chi connectivity index (χ2n) is 2.90. The third kappa shape index (κ3) is 3.92. The van der Waals surface area contributed by atoms with E-state index in [0.717, 1.165) is 6.42 Å². The number of nitrogens with two attached hydrogens (primary N) is 1. The fourth-order valence-corrected chi connectivity index (χ4v) is 1.49. The maximum Gasteiger partial charge on any atom is 0.0456 e. The van der Waals surface area contributed by atoms with Gasteiger partial charge in [0.1, 0.15) is 0 Å². The van der Waals surface area contributed by atoms with Crippen LogP contribution in [0.2, 0.25) is 0 Å². The molecule has 0 atom stereocenters. The number of hydrogen-bond acceptors (Lipinski definition) is 1. The standard InChI is InChI=1S/C10H12N2.2ClH.Zr/c11-6-5-8-7-12-10-4-2-1-3-9(8)10;;;/h1-4,7,12H,5-6,11H2;2*1H;. The second-order valence-corrected chi connectivity index (χ2v) is 2.90. The van der Waals surface area contributed by atoms with Gasteiger partial charge in [-0.2, -0.15) is 0 Å². The van der Waals surface area contributed by atoms with Gasteiger partial charge >= 0.3 is 0 Å². The molecule has 15 heavy (non-hydrogen) atoms. The van der Waals surface area contributed by atoms with E-state index in [0.29, 0.717) is 6.54 Å². The molecule has 5 heteroatoms. The average molecular weight is 324 g/mol. The number of benzene rings is 1. The van der Waals surface area contributed by atoms with Crippen LogP contribution in [0.5, 0.6) is 0 Å². The normalized spacial score (nSPS) is 8.60. The van der Waals surface area contributed by atoms with Gasteiger partial charge in [-0.25, -0.2) is 0 Å². The van der Waals surface area contributed by atoms with Crippen LogP contribution in [0.4, 0.5) is 0 Å². The van der Waals surface area contributed by atoms with Crippen molar-refractivity contribution in [1.29, 1.82) is 0 Å². The number of H-pyrrole nitrogens is 1. The van der Waals surface area contributed by atoms with Crippen LogP contribution in [-0.4, -0.2) is 11.5 Å². The van der Waals surface area contributed by atoms with Crippen LogP contribution in [0.25, 0.3) is 10.9 Å². The summed E-state index contributed by atoms with van der Waals surface area (Å²) in [5, 5.41) is 1.29. The molecule has 0 amide bonds. The Morgan fingerprint density at radius 2 is 1.80 bits per heavy atom. The van der Waals surface area contributed by atoms with Crippen LogP contribution >= 0.6 is 24.8 Å². The predicted molar refractivity (Wildman–Crippen MR) is 65.6 cm³/mol. The van der Waals surface area contributed by atoms with Crippen molar-refractivity contribution in [3.8, 4) is 0 Å². The maximum absolute atomic E-state index is 5.50. The second kappa shape index (κ2) is 8.35. The van der Waals surface area contributed by atoms with Gasteiger partial charge in [0.05, 0.1) is 0 Å². The SMILES string of the molecule is Cl.Cl.NCCc1c[nH]c2ccccc12.[Zr]. The number of fused-ring (bicyclic) bond motifs is 1. The quantitative estimate of drug-likeness (QED) is 0.876. The van der Waals surface area contributed by atoms with Crippen molar-refractivity contribution in [1.82, 2.24) is 4.98 Å². The minimum absolute atomic E-state index is 0. The first-order chi connectivity index (χ1) is 5.92. The molecular weight excluding hydrogens is 310 g/mol. The molecule has 0 radical (unpaired) electrons. The van der Waals surface area contributed by atoms with Crippen LogP contribution in [0, 0.1) is 0 Å². The molecule has 2 nitrogen and oxygen atoms in total. The third-order valence-electron chi connectivity index (χ3n) is 2.09. The molecule has 0 spiro atoms. The molecule has 0 unspecified atom stereocenters. The summed E-state index contributed by atoms with van der Waals surface area (Å²) in [4.78, 5) is 3.22. The zero-order chi connectivity index (χ0) is 8.39. The molecule has 0 aliphatic carbocycles. The Morgan fingerprint density at radius 3 is 2.47 bits per heavy atom. The van der Waals surface area contributed by atoms with Crippen molar-refractivity contribution in [2.24, 2.45) is 5.73 Å². The molecule has 0 fully saturated rings. The summed E-state index contributed by atoms with van der Waals surface area (Å²) in [6, 6.07) is 8.29. The summed E-state index contributed by atoms with van der Waals surface area (Å²) in [5.41, 5.74) is 8.01. The molecule has 0 saturated carbocycles. The fourth-order valence-electron chi connectivity index (χ4n) is 1.49. The van der Waals surface area contributed by atoms with Gasteiger partial charge in [-0.3, -0.25) is 0 Å². The first-order valence-electron chi connectivity index (χ1n) is 4.17. The number of nitrogens with one attached hydrogen (secondary N) is 1. The number of para-hydroxylation sites is 1. The zero-order valence-corrected chi connectivity index (χ0v) is 12.3. The van der Waals surface area contributed by atoms with Crippen molar-refractivity contribution in [3.63, 3.8) is 0 Å². The summed E-state index contributed by atoms with van der Waals surface area (Å²) < 4.78 is 0. The van der Waals surface area contributed by atoms with Gasteiger partial charge in [-0.05, 0) is 24.6 Å². The molecule has 2 aromatic rings. The van der Waals surface area contributed by atoms with Crippen LogP contribution in [-0.2, 0) is 32.6 Å². The average Bonchev–Trinajstić information content (AvgIpc) is 2.50. The summed E-state index contributed by atoms with van der Waals surface area (Å²) in [6.07, 6.45) is 2.99. The van der Waals surface area contributed by atoms with E-state index < -0.39 is 0 Å². The molecule has 1 aromatic carbocycles. The largest absolute Gasteiger partial charge is 0.361 e. The van der Waals surface area contributed by atoms with E-state index in [4.69, 9.17) is 5.73 Å². The Kier molecular flexibility index (Phi) is 9.78. The Balaban J connectivity index is 0. The summed E-state index contributed by atoms with van der Waals surface area (Å²) >= 11 is 0. The van der Waals surface area contributed by atoms with E-state index in [1.807, 2.05) is 12.3 Å². The van der Waals surface area contributed by atoms with E-state index in [2.05, 4.69) is 23.2 Å². The molecule has 0 saturated heterocycles. The fraction of sp³-hybridized carbons (Fsp3) is 0.200. The first-order valence-corrected chi connectivity index (χ1v) is 4.17. The first kappa shape index (κ1) is 17.6. The molecule has 0 aliphatic heterocycles. The summed E-state index contributed by atoms with van der Waals surface area (Å²) in [6.45, 7) is 0.710. The van der Waals surface area contributed by atoms with Crippen LogP contribution < -0.4 is 5.73 Å². The van der Waals surface area contributed by atoms with Crippen LogP contribution in [0.3, 0.4) is 0 Å². The molecule has 1 heterocycles. The Morgan fingerprint density at radius 1 is 1.13 bits per heavy atom. The van der Waals surface area contributed by atoms with Gasteiger partial charge in [0.25, 0.3) is 0 Å². The van der Waals surface area contributed by atoms with Gasteiger partial charge in [0.2, 0.25) is 0 Å². The molecule has 2 rings (SSSR count). The van der Waals surface area contributed by atoms with Gasteiger partial charge in [0, 0.05) is 43.3 Å². The topological polar surface area (TPSA) is 41.8 Å². The third-order valence-corrected chi connectivity index (χ3v) is 2.09. The van der Waals surface area contributed by atoms with Gasteiger partial charge < -0.3 is 10.7 Å². The molecule has 1 aromatic heterocycles. The zero-order valence-electron chi connectivity index (χ0n) is 8.19. The number of aromatic nitrogens is 1. The van der Waals surface area contributed by atoms with E-state index in [9.17, 15) is 0 Å². The van der Waals surface area contributed by atoms with Gasteiger partial charge in [-0.1, -0.05) is 18.2 Å². The monoisotopic (exact) mass is 322 g/mol. The molecule has 82 valence electrons. The van der Waals surface area contributed by atoms with E-state index >= 15 is 0 Å². The minimum Gasteiger partial charge on any atom is -0.361 e. The number of rotatable bonds is 2. The van der Waals surface area contributed by atoms with E-state index in [-0.39, 0.29) is 51.0 Å². The smallest absolute Gasteiger partial charge is 0.0456 e. The van der Waals surface area contributed by atoms with Crippen molar-refractivity contribution in [2.75, 3.05) is 6.54 Å². The maximum atomic E-state index is 5.50. The number of hydrogen-bond donors (Lipinski definition) is 2. The molecule has 0 bridgehead atoms. The van der Waals surface area contributed by atoms with E-state index in [1.54, 1.807) is 0 Å². The number of halogens is 2. The molecular formula is C10H14Cl2N2Zr. The van der Waals surface area contributed by atoms with Gasteiger partial charge in [-0.15, -0.1) is 24.8 Å².